The average Bonchev–Trinajstić information content (AvgIpc) is 2.36. The molecule has 0 bridgehead atoms. The second-order valence-corrected chi connectivity index (χ2v) is 5.40. The molecule has 0 heterocycles. The molecule has 84 valence electrons. The van der Waals surface area contributed by atoms with Gasteiger partial charge in [-0.15, -0.1) is 0 Å². The van der Waals surface area contributed by atoms with E-state index >= 15 is 0 Å². The molecule has 0 saturated carbocycles. The van der Waals surface area contributed by atoms with Gasteiger partial charge in [0, 0.05) is 4.47 Å². The second-order valence-electron chi connectivity index (χ2n) is 4.49. The topological polar surface area (TPSA) is 0 Å². The van der Waals surface area contributed by atoms with Crippen LogP contribution < -0.4 is 0 Å². The zero-order chi connectivity index (χ0) is 12.0. The molecule has 0 nitrogen and oxygen atoms in total. The monoisotopic (exact) mass is 284 g/mol. The Labute approximate surface area is 109 Å². The normalized spacial score (nSPS) is 11.2. The van der Waals surface area contributed by atoms with E-state index in [0.29, 0.717) is 0 Å². The summed E-state index contributed by atoms with van der Waals surface area (Å²) in [4.78, 5) is 0. The third kappa shape index (κ3) is 1.57. The van der Waals surface area contributed by atoms with Gasteiger partial charge in [0.25, 0.3) is 0 Å². The van der Waals surface area contributed by atoms with Gasteiger partial charge in [-0.2, -0.15) is 0 Å². The molecule has 3 aromatic rings. The third-order valence-electron chi connectivity index (χ3n) is 3.57. The van der Waals surface area contributed by atoms with Crippen LogP contribution in [0.3, 0.4) is 0 Å². The van der Waals surface area contributed by atoms with Crippen LogP contribution >= 0.6 is 15.9 Å². The fourth-order valence-electron chi connectivity index (χ4n) is 2.52. The summed E-state index contributed by atoms with van der Waals surface area (Å²) in [5.74, 6) is 0. The van der Waals surface area contributed by atoms with Crippen LogP contribution in [0.15, 0.2) is 46.9 Å². The van der Waals surface area contributed by atoms with E-state index < -0.39 is 0 Å². The molecule has 0 aromatic heterocycles. The zero-order valence-electron chi connectivity index (χ0n) is 9.92. The van der Waals surface area contributed by atoms with Crippen molar-refractivity contribution in [1.82, 2.24) is 0 Å². The lowest BCUT2D eigenvalue weighted by atomic mass is 9.93. The first-order chi connectivity index (χ1) is 8.18. The Morgan fingerprint density at radius 3 is 2.00 bits per heavy atom. The number of fused-ring (bicyclic) bond motifs is 3. The fourth-order valence-corrected chi connectivity index (χ4v) is 2.88. The van der Waals surface area contributed by atoms with Gasteiger partial charge >= 0.3 is 0 Å². The molecule has 0 spiro atoms. The van der Waals surface area contributed by atoms with Crippen molar-refractivity contribution in [2.24, 2.45) is 0 Å². The van der Waals surface area contributed by atoms with Gasteiger partial charge in [0.05, 0.1) is 0 Å². The average molecular weight is 285 g/mol. The molecule has 3 aromatic carbocycles. The lowest BCUT2D eigenvalue weighted by Gasteiger charge is -2.12. The zero-order valence-corrected chi connectivity index (χ0v) is 11.5. The Bertz CT molecular complexity index is 726. The van der Waals surface area contributed by atoms with Crippen LogP contribution in [0.5, 0.6) is 0 Å². The summed E-state index contributed by atoms with van der Waals surface area (Å²) in [5.41, 5.74) is 2.77. The molecule has 0 aliphatic carbocycles. The highest BCUT2D eigenvalue weighted by Crippen LogP contribution is 2.33. The highest BCUT2D eigenvalue weighted by Gasteiger charge is 2.07. The van der Waals surface area contributed by atoms with E-state index in [0.717, 1.165) is 4.47 Å². The maximum absolute atomic E-state index is 3.56. The SMILES string of the molecule is Cc1c(C)c2ccc(Br)cc2c2ccccc12. The molecule has 0 aliphatic rings. The lowest BCUT2D eigenvalue weighted by molar-refractivity contribution is 1.41. The van der Waals surface area contributed by atoms with Crippen molar-refractivity contribution < 1.29 is 0 Å². The summed E-state index contributed by atoms with van der Waals surface area (Å²) in [6, 6.07) is 15.2. The first kappa shape index (κ1) is 10.8. The lowest BCUT2D eigenvalue weighted by Crippen LogP contribution is -1.88. The summed E-state index contributed by atoms with van der Waals surface area (Å²) in [6.45, 7) is 4.41. The van der Waals surface area contributed by atoms with Crippen molar-refractivity contribution >= 4 is 37.5 Å². The maximum atomic E-state index is 3.56. The number of hydrogen-bond donors (Lipinski definition) is 0. The molecule has 0 N–H and O–H groups in total. The van der Waals surface area contributed by atoms with Crippen molar-refractivity contribution in [3.63, 3.8) is 0 Å². The Morgan fingerprint density at radius 2 is 1.29 bits per heavy atom. The predicted molar refractivity (Wildman–Crippen MR) is 78.6 cm³/mol. The molecule has 0 radical (unpaired) electrons. The van der Waals surface area contributed by atoms with Crippen molar-refractivity contribution in [1.29, 1.82) is 0 Å². The molecule has 1 heteroatoms. The molecule has 0 atom stereocenters. The van der Waals surface area contributed by atoms with Crippen LogP contribution in [0.25, 0.3) is 21.5 Å². The van der Waals surface area contributed by atoms with Gasteiger partial charge in [0.2, 0.25) is 0 Å². The van der Waals surface area contributed by atoms with Gasteiger partial charge in [0.15, 0.2) is 0 Å². The third-order valence-corrected chi connectivity index (χ3v) is 4.06. The van der Waals surface area contributed by atoms with Gasteiger partial charge in [0.1, 0.15) is 0 Å². The van der Waals surface area contributed by atoms with Crippen LogP contribution in [0.2, 0.25) is 0 Å². The Kier molecular flexibility index (Phi) is 2.44. The van der Waals surface area contributed by atoms with Gasteiger partial charge < -0.3 is 0 Å². The van der Waals surface area contributed by atoms with E-state index in [1.165, 1.54) is 32.7 Å². The Hall–Kier alpha value is -1.34. The van der Waals surface area contributed by atoms with E-state index in [4.69, 9.17) is 0 Å². The highest BCUT2D eigenvalue weighted by atomic mass is 79.9. The second kappa shape index (κ2) is 3.85. The Morgan fingerprint density at radius 1 is 0.706 bits per heavy atom. The van der Waals surface area contributed by atoms with Crippen LogP contribution in [0, 0.1) is 13.8 Å². The number of rotatable bonds is 0. The number of halogens is 1. The number of hydrogen-bond acceptors (Lipinski definition) is 0. The van der Waals surface area contributed by atoms with Crippen LogP contribution in [0.1, 0.15) is 11.1 Å². The van der Waals surface area contributed by atoms with E-state index in [2.05, 4.69) is 72.2 Å². The maximum Gasteiger partial charge on any atom is 0.0181 e. The molecule has 0 aliphatic heterocycles. The summed E-state index contributed by atoms with van der Waals surface area (Å²) in [6.07, 6.45) is 0. The number of benzene rings is 3. The largest absolute Gasteiger partial charge is 0.0616 e. The Balaban J connectivity index is 2.66. The van der Waals surface area contributed by atoms with Crippen molar-refractivity contribution in [2.75, 3.05) is 0 Å². The predicted octanol–water partition coefficient (Wildman–Crippen LogP) is 5.37. The van der Waals surface area contributed by atoms with E-state index in [9.17, 15) is 0 Å². The molecule has 3 rings (SSSR count). The van der Waals surface area contributed by atoms with Crippen LogP contribution in [-0.4, -0.2) is 0 Å². The smallest absolute Gasteiger partial charge is 0.0181 e. The van der Waals surface area contributed by atoms with Gasteiger partial charge in [-0.05, 0) is 58.7 Å². The van der Waals surface area contributed by atoms with E-state index in [1.54, 1.807) is 0 Å². The summed E-state index contributed by atoms with van der Waals surface area (Å²) >= 11 is 3.56. The van der Waals surface area contributed by atoms with Crippen LogP contribution in [0.4, 0.5) is 0 Å². The van der Waals surface area contributed by atoms with Crippen molar-refractivity contribution in [2.45, 2.75) is 13.8 Å². The molecule has 0 saturated heterocycles. The highest BCUT2D eigenvalue weighted by molar-refractivity contribution is 9.10. The minimum Gasteiger partial charge on any atom is -0.0616 e. The molecule has 0 fully saturated rings. The first-order valence-electron chi connectivity index (χ1n) is 5.75. The summed E-state index contributed by atoms with van der Waals surface area (Å²) in [7, 11) is 0. The molecule has 0 unspecified atom stereocenters. The fraction of sp³-hybridized carbons (Fsp3) is 0.125. The van der Waals surface area contributed by atoms with E-state index in [-0.39, 0.29) is 0 Å². The minimum absolute atomic E-state index is 1.14. The molecular formula is C16H13Br. The molecular weight excluding hydrogens is 272 g/mol. The molecule has 17 heavy (non-hydrogen) atoms. The quantitative estimate of drug-likeness (QED) is 0.487. The standard InChI is InChI=1S/C16H13Br/c1-10-11(2)14-8-7-12(17)9-16(14)15-6-4-3-5-13(10)15/h3-9H,1-2H3. The first-order valence-corrected chi connectivity index (χ1v) is 6.55. The van der Waals surface area contributed by atoms with Gasteiger partial charge in [-0.1, -0.05) is 46.3 Å². The van der Waals surface area contributed by atoms with Crippen molar-refractivity contribution in [3.8, 4) is 0 Å². The summed E-state index contributed by atoms with van der Waals surface area (Å²) in [5, 5.41) is 5.38. The number of aryl methyl sites for hydroxylation is 2. The van der Waals surface area contributed by atoms with Crippen LogP contribution in [-0.2, 0) is 0 Å². The summed E-state index contributed by atoms with van der Waals surface area (Å²) < 4.78 is 1.14. The molecule has 0 amide bonds. The minimum atomic E-state index is 1.14. The van der Waals surface area contributed by atoms with Gasteiger partial charge in [-0.3, -0.25) is 0 Å². The van der Waals surface area contributed by atoms with Crippen molar-refractivity contribution in [3.05, 3.63) is 58.1 Å². The van der Waals surface area contributed by atoms with E-state index in [1.807, 2.05) is 0 Å². The van der Waals surface area contributed by atoms with Gasteiger partial charge in [-0.25, -0.2) is 0 Å².